The largest absolute Gasteiger partial charge is 0.394 e. The molecule has 8 N–H and O–H groups in total. The number of H-pyrrole nitrogens is 1. The van der Waals surface area contributed by atoms with Crippen molar-refractivity contribution in [1.82, 2.24) is 39.0 Å². The third kappa shape index (κ3) is 4.67. The Hall–Kier alpha value is -3.24. The number of fused-ring (bicyclic) bond motifs is 4. The van der Waals surface area contributed by atoms with E-state index in [1.165, 1.54) is 17.2 Å². The van der Waals surface area contributed by atoms with Crippen LogP contribution in [0.4, 0.5) is 16.2 Å². The lowest BCUT2D eigenvalue weighted by atomic mass is 9.96. The summed E-state index contributed by atoms with van der Waals surface area (Å²) >= 11 is 5.18. The Labute approximate surface area is 250 Å². The van der Waals surface area contributed by atoms with Crippen LogP contribution in [0.25, 0.3) is 22.3 Å². The molecule has 22 heteroatoms. The van der Waals surface area contributed by atoms with E-state index in [-0.39, 0.29) is 42.6 Å². The summed E-state index contributed by atoms with van der Waals surface area (Å²) in [6.45, 7) is -5.15. The highest BCUT2D eigenvalue weighted by Gasteiger charge is 2.61. The second-order valence-electron chi connectivity index (χ2n) is 10.5. The summed E-state index contributed by atoms with van der Waals surface area (Å²) in [6, 6.07) is 0. The molecule has 3 aliphatic heterocycles. The zero-order valence-electron chi connectivity index (χ0n) is 22.4. The van der Waals surface area contributed by atoms with Crippen LogP contribution in [0.15, 0.2) is 23.8 Å². The molecule has 9 atom stereocenters. The van der Waals surface area contributed by atoms with Crippen LogP contribution in [0.5, 0.6) is 0 Å². The molecule has 3 saturated heterocycles. The van der Waals surface area contributed by atoms with Gasteiger partial charge in [0.2, 0.25) is 5.95 Å². The van der Waals surface area contributed by atoms with Crippen molar-refractivity contribution in [3.63, 3.8) is 0 Å². The van der Waals surface area contributed by atoms with Gasteiger partial charge in [-0.15, -0.1) is 0 Å². The van der Waals surface area contributed by atoms with E-state index in [1.807, 2.05) is 0 Å². The number of aromatic nitrogens is 8. The van der Waals surface area contributed by atoms with Crippen LogP contribution < -0.4 is 17.0 Å². The molecule has 4 aromatic rings. The second kappa shape index (κ2) is 10.7. The van der Waals surface area contributed by atoms with Gasteiger partial charge >= 0.3 is 6.72 Å². The number of aliphatic hydroxyl groups excluding tert-OH is 2. The summed E-state index contributed by atoms with van der Waals surface area (Å²) < 4.78 is 46.9. The fourth-order valence-corrected chi connectivity index (χ4v) is 7.17. The number of halogens is 1. The fourth-order valence-electron chi connectivity index (χ4n) is 5.74. The van der Waals surface area contributed by atoms with Gasteiger partial charge in [0.15, 0.2) is 41.3 Å². The highest BCUT2D eigenvalue weighted by Crippen LogP contribution is 2.52. The quantitative estimate of drug-likeness (QED) is 0.111. The highest BCUT2D eigenvalue weighted by molar-refractivity contribution is 8.07. The van der Waals surface area contributed by atoms with Crippen LogP contribution in [0.1, 0.15) is 18.9 Å². The Balaban J connectivity index is 1.06. The standard InChI is InChI=1S/C22H26FN10O9PS/c23-9-8(3-34)40-19(33-7-29-11-17(33)30-21(25)31-18(11)36)12(9)42-43(37,44)39-2-1-22-4-38-13(14(22)35)20(41-22)32-6-28-10-15(24)26-5-27-16(10)32/h5-9,12-14,19-20,34-35H,1-4H2,(H,37,44)(H2,24,26,27)(H3,25,30,31,36)/t8-,9+,12-,13-,14+,19-,20-,22+,43?/m1/s1. The average Bonchev–Trinajstić information content (AvgIpc) is 3.78. The lowest BCUT2D eigenvalue weighted by Crippen LogP contribution is -2.41. The van der Waals surface area contributed by atoms with Gasteiger partial charge in [-0.1, -0.05) is 0 Å². The summed E-state index contributed by atoms with van der Waals surface area (Å²) in [7, 11) is 0. The summed E-state index contributed by atoms with van der Waals surface area (Å²) in [5.41, 5.74) is 10.3. The molecule has 4 aromatic heterocycles. The predicted molar refractivity (Wildman–Crippen MR) is 149 cm³/mol. The van der Waals surface area contributed by atoms with Crippen LogP contribution in [-0.4, -0.2) is 110 Å². The van der Waals surface area contributed by atoms with Crippen molar-refractivity contribution in [1.29, 1.82) is 0 Å². The molecule has 44 heavy (non-hydrogen) atoms. The zero-order valence-corrected chi connectivity index (χ0v) is 24.1. The van der Waals surface area contributed by atoms with E-state index >= 15 is 4.39 Å². The van der Waals surface area contributed by atoms with E-state index in [4.69, 9.17) is 46.5 Å². The number of imidazole rings is 2. The lowest BCUT2D eigenvalue weighted by Gasteiger charge is -2.31. The molecule has 7 rings (SSSR count). The van der Waals surface area contributed by atoms with Crippen LogP contribution in [-0.2, 0) is 35.1 Å². The van der Waals surface area contributed by atoms with E-state index < -0.39 is 67.5 Å². The van der Waals surface area contributed by atoms with Gasteiger partial charge < -0.3 is 45.3 Å². The molecule has 7 heterocycles. The zero-order chi connectivity index (χ0) is 31.0. The Morgan fingerprint density at radius 1 is 1.18 bits per heavy atom. The van der Waals surface area contributed by atoms with E-state index in [0.717, 1.165) is 6.33 Å². The van der Waals surface area contributed by atoms with Crippen LogP contribution in [0, 0.1) is 0 Å². The maximum absolute atomic E-state index is 15.4. The van der Waals surface area contributed by atoms with Crippen molar-refractivity contribution in [3.8, 4) is 0 Å². The molecule has 0 aromatic carbocycles. The Morgan fingerprint density at radius 3 is 2.70 bits per heavy atom. The summed E-state index contributed by atoms with van der Waals surface area (Å²) in [6.07, 6.45) is -5.02. The summed E-state index contributed by atoms with van der Waals surface area (Å²) in [5.74, 6) is -0.0401. The van der Waals surface area contributed by atoms with Crippen molar-refractivity contribution >= 4 is 52.6 Å². The molecule has 0 saturated carbocycles. The minimum absolute atomic E-state index is 0.00821. The van der Waals surface area contributed by atoms with Crippen molar-refractivity contribution in [2.75, 3.05) is 31.3 Å². The molecular weight excluding hydrogens is 630 g/mol. The lowest BCUT2D eigenvalue weighted by molar-refractivity contribution is -0.177. The number of hydrogen-bond acceptors (Lipinski definition) is 16. The fraction of sp³-hybridized carbons (Fsp3) is 0.545. The molecule has 1 unspecified atom stereocenters. The Bertz CT molecular complexity index is 1840. The number of nitrogens with zero attached hydrogens (tertiary/aromatic N) is 7. The molecule has 0 radical (unpaired) electrons. The van der Waals surface area contributed by atoms with Gasteiger partial charge in [-0.25, -0.2) is 24.3 Å². The topological polar surface area (TPSA) is 266 Å². The number of anilines is 2. The molecular formula is C22H26FN10O9PS. The number of ether oxygens (including phenoxy) is 3. The molecule has 236 valence electrons. The average molecular weight is 657 g/mol. The van der Waals surface area contributed by atoms with Gasteiger partial charge in [-0.3, -0.25) is 23.4 Å². The normalized spacial score (nSPS) is 33.0. The first-order valence-electron chi connectivity index (χ1n) is 13.2. The van der Waals surface area contributed by atoms with Gasteiger partial charge in [0.05, 0.1) is 32.5 Å². The second-order valence-corrected chi connectivity index (χ2v) is 13.3. The third-order valence-electron chi connectivity index (χ3n) is 7.87. The molecule has 2 bridgehead atoms. The number of hydrogen-bond donors (Lipinski definition) is 6. The third-order valence-corrected chi connectivity index (χ3v) is 9.46. The molecule has 19 nitrogen and oxygen atoms in total. The highest BCUT2D eigenvalue weighted by atomic mass is 32.5. The van der Waals surface area contributed by atoms with Gasteiger partial charge in [0.1, 0.15) is 41.9 Å². The van der Waals surface area contributed by atoms with E-state index in [9.17, 15) is 19.9 Å². The van der Waals surface area contributed by atoms with Crippen LogP contribution in [0.3, 0.4) is 0 Å². The van der Waals surface area contributed by atoms with Gasteiger partial charge in [-0.2, -0.15) is 4.98 Å². The minimum Gasteiger partial charge on any atom is -0.394 e. The number of nitrogens with one attached hydrogen (secondary N) is 1. The van der Waals surface area contributed by atoms with E-state index in [1.54, 1.807) is 4.57 Å². The predicted octanol–water partition coefficient (Wildman–Crippen LogP) is -1.61. The number of nitrogen functional groups attached to an aromatic ring is 2. The molecule has 3 fully saturated rings. The summed E-state index contributed by atoms with van der Waals surface area (Å²) in [4.78, 5) is 45.8. The Morgan fingerprint density at radius 2 is 1.93 bits per heavy atom. The summed E-state index contributed by atoms with van der Waals surface area (Å²) in [5, 5.41) is 20.7. The van der Waals surface area contributed by atoms with E-state index in [2.05, 4.69) is 29.9 Å². The van der Waals surface area contributed by atoms with Crippen molar-refractivity contribution in [3.05, 3.63) is 29.3 Å². The van der Waals surface area contributed by atoms with Crippen LogP contribution >= 0.6 is 6.72 Å². The number of alkyl halides is 1. The first-order chi connectivity index (χ1) is 21.0. The monoisotopic (exact) mass is 656 g/mol. The number of aromatic amines is 1. The number of rotatable bonds is 9. The Kier molecular flexibility index (Phi) is 7.16. The van der Waals surface area contributed by atoms with Crippen molar-refractivity contribution in [2.45, 2.75) is 55.1 Å². The number of nitrogens with two attached hydrogens (primary N) is 2. The maximum Gasteiger partial charge on any atom is 0.325 e. The molecule has 0 spiro atoms. The number of aliphatic hydroxyl groups is 2. The van der Waals surface area contributed by atoms with Gasteiger partial charge in [-0.05, 0) is 11.8 Å². The molecule has 0 amide bonds. The van der Waals surface area contributed by atoms with Gasteiger partial charge in [0, 0.05) is 6.42 Å². The van der Waals surface area contributed by atoms with Crippen LogP contribution in [0.2, 0.25) is 0 Å². The minimum atomic E-state index is -4.18. The smallest absolute Gasteiger partial charge is 0.325 e. The first kappa shape index (κ1) is 29.5. The molecule has 3 aliphatic rings. The maximum atomic E-state index is 15.4. The SMILES string of the molecule is Nc1nc2c(ncn2[C@@H]2O[C@H](CO)[C@H](F)[C@H]2OP(O)(=S)OCC[C@@]23CO[C@@H]([C@H](n4cnc5c(N)ncnc54)O2)[C@@H]3O)c(=O)[nH]1. The van der Waals surface area contributed by atoms with E-state index in [0.29, 0.717) is 11.2 Å². The molecule has 0 aliphatic carbocycles. The van der Waals surface area contributed by atoms with Crippen molar-refractivity contribution < 1.29 is 42.8 Å². The van der Waals surface area contributed by atoms with Gasteiger partial charge in [0.25, 0.3) is 5.56 Å². The van der Waals surface area contributed by atoms with Crippen molar-refractivity contribution in [2.24, 2.45) is 0 Å². The first-order valence-corrected chi connectivity index (χ1v) is 15.8.